The molecule has 17 nitrogen and oxygen atoms in total. The van der Waals surface area contributed by atoms with Gasteiger partial charge in [0.15, 0.2) is 0 Å². The minimum Gasteiger partial charge on any atom is -0.489 e. The van der Waals surface area contributed by atoms with Crippen molar-refractivity contribution in [3.05, 3.63) is 136 Å². The number of ether oxygens (including phenoxy) is 1. The van der Waals surface area contributed by atoms with Crippen LogP contribution in [0.2, 0.25) is 0 Å². The van der Waals surface area contributed by atoms with Crippen molar-refractivity contribution in [2.75, 3.05) is 26.7 Å². The fourth-order valence-electron chi connectivity index (χ4n) is 11.6. The van der Waals surface area contributed by atoms with Gasteiger partial charge in [-0.05, 0) is 140 Å². The molecule has 4 aromatic rings. The first kappa shape index (κ1) is 59.0. The van der Waals surface area contributed by atoms with Crippen LogP contribution in [-0.4, -0.2) is 114 Å². The molecule has 4 aromatic carbocycles. The summed E-state index contributed by atoms with van der Waals surface area (Å²) in [6.07, 6.45) is 5.74. The van der Waals surface area contributed by atoms with Crippen LogP contribution >= 0.6 is 0 Å². The lowest BCUT2D eigenvalue weighted by molar-refractivity contribution is -0.147. The quantitative estimate of drug-likeness (QED) is 0.0627. The summed E-state index contributed by atoms with van der Waals surface area (Å²) in [7, 11) is 1.67. The molecule has 428 valence electrons. The van der Waals surface area contributed by atoms with Gasteiger partial charge in [-0.25, -0.2) is 0 Å². The number of carbonyl (C=O) groups is 7. The van der Waals surface area contributed by atoms with Gasteiger partial charge in [-0.1, -0.05) is 115 Å². The summed E-state index contributed by atoms with van der Waals surface area (Å²) in [5.74, 6) is -1.74. The Kier molecular flexibility index (Phi) is 18.9. The Hall–Kier alpha value is -7.11. The highest BCUT2D eigenvalue weighted by Gasteiger charge is 2.47. The summed E-state index contributed by atoms with van der Waals surface area (Å²) < 4.78 is 6.34. The van der Waals surface area contributed by atoms with Crippen LogP contribution in [0.5, 0.6) is 5.75 Å². The number of benzene rings is 4. The van der Waals surface area contributed by atoms with Crippen LogP contribution < -0.4 is 42.0 Å². The largest absolute Gasteiger partial charge is 0.489 e. The van der Waals surface area contributed by atoms with Gasteiger partial charge in [-0.3, -0.25) is 33.6 Å². The Labute approximate surface area is 471 Å². The molecule has 7 N–H and O–H groups in total. The standard InChI is InChI=1S/C63H83N9O8/c1-10-65-34-53(73)69-54(62(3,4)5)60(78)71-35-44-31-46(30-29-43(44)32-51(71)58(76)67-49-23-15-19-40-17-11-13-21-47(40)49)80-37-39-25-27-42(28-26-39)57(75)66-45-33-52(59(77)68-50-24-16-20-41-18-12-14-22-48(41)50)72(36-45)61(79)55(63(6,7)8)70-56(74)38(2)64-9/h11-14,17-18,21-22,25-31,38,45,49-52,54-55,64-65H,10,15-16,19-20,23-24,32-37H2,1-9H3,(H,66,75)(H,67,76)(H,68,77)(H,69,73)(H,70,74). The zero-order chi connectivity index (χ0) is 57.5. The van der Waals surface area contributed by atoms with Crippen LogP contribution in [-0.2, 0) is 61.2 Å². The van der Waals surface area contributed by atoms with Crippen molar-refractivity contribution in [2.24, 2.45) is 10.8 Å². The van der Waals surface area contributed by atoms with E-state index in [1.165, 1.54) is 16.0 Å². The molecule has 17 heteroatoms. The molecule has 8 unspecified atom stereocenters. The van der Waals surface area contributed by atoms with E-state index in [-0.39, 0.29) is 86.6 Å². The number of carbonyl (C=O) groups excluding carboxylic acids is 7. The molecule has 2 aliphatic carbocycles. The fraction of sp³-hybridized carbons (Fsp3) is 0.508. The predicted molar refractivity (Wildman–Crippen MR) is 307 cm³/mol. The zero-order valence-corrected chi connectivity index (χ0v) is 48.1. The molecule has 0 bridgehead atoms. The van der Waals surface area contributed by atoms with Gasteiger partial charge < -0.3 is 51.8 Å². The molecule has 0 aromatic heterocycles. The number of fused-ring (bicyclic) bond motifs is 3. The Bertz CT molecular complexity index is 2910. The van der Waals surface area contributed by atoms with Gasteiger partial charge in [-0.15, -0.1) is 0 Å². The summed E-state index contributed by atoms with van der Waals surface area (Å²) in [5, 5.41) is 21.5. The van der Waals surface area contributed by atoms with E-state index in [2.05, 4.69) is 55.4 Å². The molecule has 0 spiro atoms. The second-order valence-electron chi connectivity index (χ2n) is 24.3. The number of amides is 7. The third-order valence-corrected chi connectivity index (χ3v) is 16.3. The highest BCUT2D eigenvalue weighted by Crippen LogP contribution is 2.35. The molecule has 8 atom stereocenters. The first-order valence-electron chi connectivity index (χ1n) is 28.6. The number of aryl methyl sites for hydroxylation is 2. The number of hydrogen-bond donors (Lipinski definition) is 7. The number of rotatable bonds is 18. The van der Waals surface area contributed by atoms with E-state index in [1.807, 2.05) is 109 Å². The van der Waals surface area contributed by atoms with E-state index >= 15 is 0 Å². The van der Waals surface area contributed by atoms with Gasteiger partial charge in [0, 0.05) is 31.1 Å². The van der Waals surface area contributed by atoms with Crippen molar-refractivity contribution in [1.29, 1.82) is 0 Å². The molecule has 80 heavy (non-hydrogen) atoms. The summed E-state index contributed by atoms with van der Waals surface area (Å²) >= 11 is 0. The maximum atomic E-state index is 14.8. The Balaban J connectivity index is 0.952. The molecular weight excluding hydrogens is 1010 g/mol. The van der Waals surface area contributed by atoms with Gasteiger partial charge in [0.1, 0.15) is 36.5 Å². The Morgan fingerprint density at radius 2 is 1.24 bits per heavy atom. The fourth-order valence-corrected chi connectivity index (χ4v) is 11.6. The highest BCUT2D eigenvalue weighted by atomic mass is 16.5. The minimum atomic E-state index is -0.947. The van der Waals surface area contributed by atoms with Gasteiger partial charge in [0.2, 0.25) is 35.4 Å². The topological polar surface area (TPSA) is 219 Å². The lowest BCUT2D eigenvalue weighted by Gasteiger charge is -2.41. The molecule has 4 aliphatic rings. The van der Waals surface area contributed by atoms with E-state index < -0.39 is 53.0 Å². The average molecular weight is 1090 g/mol. The molecule has 1 saturated heterocycles. The minimum absolute atomic E-state index is 0.0572. The molecule has 0 saturated carbocycles. The smallest absolute Gasteiger partial charge is 0.251 e. The third-order valence-electron chi connectivity index (χ3n) is 16.3. The number of likely N-dealkylation sites (tertiary alicyclic amines) is 1. The summed E-state index contributed by atoms with van der Waals surface area (Å²) in [6.45, 7) is 16.0. The van der Waals surface area contributed by atoms with Crippen molar-refractivity contribution in [3.63, 3.8) is 0 Å². The van der Waals surface area contributed by atoms with E-state index in [4.69, 9.17) is 4.74 Å². The Morgan fingerprint density at radius 3 is 1.82 bits per heavy atom. The monoisotopic (exact) mass is 1090 g/mol. The Morgan fingerprint density at radius 1 is 0.662 bits per heavy atom. The average Bonchev–Trinajstić information content (AvgIpc) is 3.90. The van der Waals surface area contributed by atoms with Crippen molar-refractivity contribution in [3.8, 4) is 5.75 Å². The normalized spacial score (nSPS) is 20.8. The lowest BCUT2D eigenvalue weighted by Crippen LogP contribution is -2.61. The molecule has 2 heterocycles. The van der Waals surface area contributed by atoms with E-state index in [1.54, 1.807) is 31.0 Å². The van der Waals surface area contributed by atoms with Crippen LogP contribution in [0.1, 0.15) is 149 Å². The molecule has 0 radical (unpaired) electrons. The van der Waals surface area contributed by atoms with Crippen LogP contribution in [0.25, 0.3) is 0 Å². The molecular formula is C63H83N9O8. The third kappa shape index (κ3) is 14.1. The first-order chi connectivity index (χ1) is 38.1. The maximum absolute atomic E-state index is 14.8. The SMILES string of the molecule is CCNCC(=O)NC(C(=O)N1Cc2cc(OCc3ccc(C(=O)NC4CC(C(=O)NC5CCCc6ccccc65)N(C(=O)C(NC(=O)C(C)NC)C(C)(C)C)C4)cc3)ccc2CC1C(=O)NC1CCCc2ccccc21)C(C)(C)C. The van der Waals surface area contributed by atoms with Crippen molar-refractivity contribution in [1.82, 2.24) is 47.0 Å². The molecule has 7 amide bonds. The van der Waals surface area contributed by atoms with Crippen LogP contribution in [0.15, 0.2) is 91.0 Å². The van der Waals surface area contributed by atoms with E-state index in [9.17, 15) is 33.6 Å². The van der Waals surface area contributed by atoms with Crippen LogP contribution in [0, 0.1) is 10.8 Å². The number of likely N-dealkylation sites (N-methyl/N-ethyl adjacent to an activating group) is 2. The van der Waals surface area contributed by atoms with Gasteiger partial charge in [-0.2, -0.15) is 0 Å². The second-order valence-corrected chi connectivity index (χ2v) is 24.3. The van der Waals surface area contributed by atoms with Crippen LogP contribution in [0.3, 0.4) is 0 Å². The van der Waals surface area contributed by atoms with Crippen molar-refractivity contribution in [2.45, 2.75) is 168 Å². The maximum Gasteiger partial charge on any atom is 0.251 e. The summed E-state index contributed by atoms with van der Waals surface area (Å²) in [5.41, 5.74) is 6.12. The summed E-state index contributed by atoms with van der Waals surface area (Å²) in [6, 6.07) is 23.9. The van der Waals surface area contributed by atoms with E-state index in [0.717, 1.165) is 66.3 Å². The summed E-state index contributed by atoms with van der Waals surface area (Å²) in [4.78, 5) is 102. The zero-order valence-electron chi connectivity index (χ0n) is 48.1. The number of hydrogen-bond acceptors (Lipinski definition) is 10. The predicted octanol–water partition coefficient (Wildman–Crippen LogP) is 5.89. The number of nitrogens with one attached hydrogen (secondary N) is 7. The van der Waals surface area contributed by atoms with Crippen molar-refractivity contribution >= 4 is 41.4 Å². The first-order valence-corrected chi connectivity index (χ1v) is 28.6. The number of nitrogens with zero attached hydrogens (tertiary/aromatic N) is 2. The highest BCUT2D eigenvalue weighted by molar-refractivity contribution is 5.97. The molecule has 8 rings (SSSR count). The van der Waals surface area contributed by atoms with Crippen molar-refractivity contribution < 1.29 is 38.3 Å². The lowest BCUT2D eigenvalue weighted by atomic mass is 9.84. The van der Waals surface area contributed by atoms with Gasteiger partial charge in [0.05, 0.1) is 24.7 Å². The molecule has 1 fully saturated rings. The van der Waals surface area contributed by atoms with Crippen LogP contribution in [0.4, 0.5) is 0 Å². The molecule has 2 aliphatic heterocycles. The van der Waals surface area contributed by atoms with Gasteiger partial charge >= 0.3 is 0 Å². The van der Waals surface area contributed by atoms with E-state index in [0.29, 0.717) is 17.9 Å². The van der Waals surface area contributed by atoms with Gasteiger partial charge in [0.25, 0.3) is 5.91 Å². The second kappa shape index (κ2) is 25.6.